The predicted octanol–water partition coefficient (Wildman–Crippen LogP) is 3.86. The van der Waals surface area contributed by atoms with Crippen LogP contribution in [0.1, 0.15) is 54.1 Å². The molecule has 0 unspecified atom stereocenters. The van der Waals surface area contributed by atoms with E-state index < -0.39 is 4.92 Å². The third-order valence-electron chi connectivity index (χ3n) is 4.49. The number of aromatic nitrogens is 2. The van der Waals surface area contributed by atoms with E-state index >= 15 is 0 Å². The molecule has 1 N–H and O–H groups in total. The van der Waals surface area contributed by atoms with Crippen molar-refractivity contribution in [3.8, 4) is 0 Å². The molecule has 1 aliphatic carbocycles. The number of anilines is 1. The number of amides is 1. The third-order valence-corrected chi connectivity index (χ3v) is 4.49. The summed E-state index contributed by atoms with van der Waals surface area (Å²) >= 11 is 0. The molecule has 1 aromatic heterocycles. The van der Waals surface area contributed by atoms with Gasteiger partial charge in [-0.1, -0.05) is 19.3 Å². The topological polar surface area (TPSA) is 90.1 Å². The van der Waals surface area contributed by atoms with Crippen LogP contribution in [0.25, 0.3) is 0 Å². The van der Waals surface area contributed by atoms with Crippen LogP contribution >= 0.6 is 0 Å². The van der Waals surface area contributed by atoms with E-state index in [1.54, 1.807) is 19.2 Å². The zero-order chi connectivity index (χ0) is 17.1. The number of benzene rings is 1. The number of hydrogen-bond acceptors (Lipinski definition) is 4. The Morgan fingerprint density at radius 2 is 2.04 bits per heavy atom. The molecule has 7 nitrogen and oxygen atoms in total. The van der Waals surface area contributed by atoms with Crippen LogP contribution in [0.4, 0.5) is 11.5 Å². The fourth-order valence-corrected chi connectivity index (χ4v) is 3.22. The molecule has 1 amide bonds. The van der Waals surface area contributed by atoms with E-state index in [0.29, 0.717) is 23.0 Å². The van der Waals surface area contributed by atoms with Crippen molar-refractivity contribution in [2.75, 3.05) is 5.32 Å². The summed E-state index contributed by atoms with van der Waals surface area (Å²) in [5, 5.41) is 18.1. The van der Waals surface area contributed by atoms with Crippen molar-refractivity contribution in [2.24, 2.45) is 0 Å². The van der Waals surface area contributed by atoms with Crippen molar-refractivity contribution in [1.29, 1.82) is 0 Å². The van der Waals surface area contributed by atoms with E-state index in [1.165, 1.54) is 37.5 Å². The number of nitrogens with zero attached hydrogens (tertiary/aromatic N) is 3. The third kappa shape index (κ3) is 3.29. The molecule has 0 bridgehead atoms. The van der Waals surface area contributed by atoms with Crippen LogP contribution in [0, 0.1) is 17.0 Å². The number of nitro groups is 1. The first-order chi connectivity index (χ1) is 11.6. The van der Waals surface area contributed by atoms with E-state index in [1.807, 2.05) is 4.68 Å². The zero-order valence-electron chi connectivity index (χ0n) is 13.6. The second-order valence-electron chi connectivity index (χ2n) is 6.17. The summed E-state index contributed by atoms with van der Waals surface area (Å²) in [6.07, 6.45) is 7.44. The quantitative estimate of drug-likeness (QED) is 0.681. The van der Waals surface area contributed by atoms with Crippen molar-refractivity contribution in [2.45, 2.75) is 45.1 Å². The van der Waals surface area contributed by atoms with E-state index in [-0.39, 0.29) is 11.6 Å². The van der Waals surface area contributed by atoms with Gasteiger partial charge in [0, 0.05) is 23.3 Å². The number of rotatable bonds is 4. The van der Waals surface area contributed by atoms with Crippen molar-refractivity contribution < 1.29 is 9.72 Å². The first kappa shape index (κ1) is 16.2. The number of carbonyl (C=O) groups is 1. The first-order valence-electron chi connectivity index (χ1n) is 8.16. The molecule has 7 heteroatoms. The van der Waals surface area contributed by atoms with E-state index in [9.17, 15) is 14.9 Å². The van der Waals surface area contributed by atoms with Gasteiger partial charge in [0.05, 0.1) is 17.2 Å². The average Bonchev–Trinajstić information content (AvgIpc) is 3.03. The fraction of sp³-hybridized carbons (Fsp3) is 0.412. The highest BCUT2D eigenvalue weighted by Crippen LogP contribution is 2.30. The van der Waals surface area contributed by atoms with Crippen LogP contribution in [0.2, 0.25) is 0 Å². The lowest BCUT2D eigenvalue weighted by Crippen LogP contribution is -2.20. The van der Waals surface area contributed by atoms with Gasteiger partial charge >= 0.3 is 0 Å². The fourth-order valence-electron chi connectivity index (χ4n) is 3.22. The summed E-state index contributed by atoms with van der Waals surface area (Å²) in [6, 6.07) is 6.48. The molecule has 1 heterocycles. The second kappa shape index (κ2) is 6.82. The molecule has 1 aliphatic rings. The van der Waals surface area contributed by atoms with Gasteiger partial charge in [-0.25, -0.2) is 4.68 Å². The van der Waals surface area contributed by atoms with Gasteiger partial charge < -0.3 is 5.32 Å². The summed E-state index contributed by atoms with van der Waals surface area (Å²) in [6.45, 7) is 1.63. The Morgan fingerprint density at radius 1 is 1.29 bits per heavy atom. The minimum absolute atomic E-state index is 0.0128. The number of nitrogens with one attached hydrogen (secondary N) is 1. The standard InChI is InChI=1S/C17H20N4O3/c1-12-11-13(7-8-15(12)21(23)24)17(22)19-16-9-10-18-20(16)14-5-3-2-4-6-14/h7-11,14H,2-6H2,1H3,(H,19,22). The molecular formula is C17H20N4O3. The Balaban J connectivity index is 1.77. The van der Waals surface area contributed by atoms with Gasteiger partial charge in [-0.3, -0.25) is 14.9 Å². The normalized spacial score (nSPS) is 15.2. The maximum absolute atomic E-state index is 12.5. The van der Waals surface area contributed by atoms with Crippen molar-refractivity contribution in [1.82, 2.24) is 9.78 Å². The molecule has 1 fully saturated rings. The molecule has 126 valence electrons. The van der Waals surface area contributed by atoms with Crippen LogP contribution in [-0.4, -0.2) is 20.6 Å². The van der Waals surface area contributed by atoms with Gasteiger partial charge in [0.15, 0.2) is 0 Å². The number of carbonyl (C=O) groups excluding carboxylic acids is 1. The molecular weight excluding hydrogens is 308 g/mol. The lowest BCUT2D eigenvalue weighted by atomic mass is 9.96. The summed E-state index contributed by atoms with van der Waals surface area (Å²) in [5.41, 5.74) is 0.877. The summed E-state index contributed by atoms with van der Waals surface area (Å²) in [7, 11) is 0. The molecule has 2 aromatic rings. The van der Waals surface area contributed by atoms with Gasteiger partial charge in [-0.05, 0) is 31.9 Å². The molecule has 0 radical (unpaired) electrons. The minimum atomic E-state index is -0.449. The van der Waals surface area contributed by atoms with Gasteiger partial charge in [0.2, 0.25) is 0 Å². The van der Waals surface area contributed by atoms with Gasteiger partial charge in [-0.15, -0.1) is 0 Å². The molecule has 0 saturated heterocycles. The Morgan fingerprint density at radius 3 is 2.71 bits per heavy atom. The molecule has 0 aliphatic heterocycles. The Bertz CT molecular complexity index is 763. The SMILES string of the molecule is Cc1cc(C(=O)Nc2ccnn2C2CCCCC2)ccc1[N+](=O)[O-]. The van der Waals surface area contributed by atoms with Crippen LogP contribution in [0.15, 0.2) is 30.5 Å². The maximum atomic E-state index is 12.5. The number of nitro benzene ring substituents is 1. The van der Waals surface area contributed by atoms with E-state index in [4.69, 9.17) is 0 Å². The van der Waals surface area contributed by atoms with Gasteiger partial charge in [-0.2, -0.15) is 5.10 Å². The van der Waals surface area contributed by atoms with E-state index in [0.717, 1.165) is 12.8 Å². The minimum Gasteiger partial charge on any atom is -0.307 e. The maximum Gasteiger partial charge on any atom is 0.272 e. The summed E-state index contributed by atoms with van der Waals surface area (Å²) in [4.78, 5) is 22.9. The highest BCUT2D eigenvalue weighted by molar-refractivity contribution is 6.04. The van der Waals surface area contributed by atoms with Gasteiger partial charge in [0.25, 0.3) is 11.6 Å². The average molecular weight is 328 g/mol. The predicted molar refractivity (Wildman–Crippen MR) is 90.1 cm³/mol. The number of hydrogen-bond donors (Lipinski definition) is 1. The Labute approximate surface area is 139 Å². The monoisotopic (exact) mass is 328 g/mol. The first-order valence-corrected chi connectivity index (χ1v) is 8.16. The number of aryl methyl sites for hydroxylation is 1. The molecule has 1 saturated carbocycles. The van der Waals surface area contributed by atoms with Crippen LogP contribution in [0.5, 0.6) is 0 Å². The Hall–Kier alpha value is -2.70. The highest BCUT2D eigenvalue weighted by Gasteiger charge is 2.20. The highest BCUT2D eigenvalue weighted by atomic mass is 16.6. The summed E-state index contributed by atoms with van der Waals surface area (Å²) < 4.78 is 1.88. The lowest BCUT2D eigenvalue weighted by Gasteiger charge is -2.23. The van der Waals surface area contributed by atoms with Crippen LogP contribution in [0.3, 0.4) is 0 Å². The Kier molecular flexibility index (Phi) is 4.59. The lowest BCUT2D eigenvalue weighted by molar-refractivity contribution is -0.385. The van der Waals surface area contributed by atoms with E-state index in [2.05, 4.69) is 10.4 Å². The molecule has 3 rings (SSSR count). The van der Waals surface area contributed by atoms with Crippen LogP contribution in [-0.2, 0) is 0 Å². The molecule has 0 spiro atoms. The molecule has 24 heavy (non-hydrogen) atoms. The van der Waals surface area contributed by atoms with Crippen molar-refractivity contribution in [3.05, 3.63) is 51.7 Å². The molecule has 1 aromatic carbocycles. The summed E-state index contributed by atoms with van der Waals surface area (Å²) in [5.74, 6) is 0.383. The van der Waals surface area contributed by atoms with Crippen molar-refractivity contribution >= 4 is 17.4 Å². The van der Waals surface area contributed by atoms with Gasteiger partial charge in [0.1, 0.15) is 5.82 Å². The second-order valence-corrected chi connectivity index (χ2v) is 6.17. The zero-order valence-corrected chi connectivity index (χ0v) is 13.6. The largest absolute Gasteiger partial charge is 0.307 e. The molecule has 0 atom stereocenters. The van der Waals surface area contributed by atoms with Crippen molar-refractivity contribution in [3.63, 3.8) is 0 Å². The smallest absolute Gasteiger partial charge is 0.272 e. The van der Waals surface area contributed by atoms with Crippen LogP contribution < -0.4 is 5.32 Å².